The van der Waals surface area contributed by atoms with Gasteiger partial charge < -0.3 is 0 Å². The molecule has 4 aromatic rings. The topological polar surface area (TPSA) is 12.9 Å². The zero-order chi connectivity index (χ0) is 12.1. The van der Waals surface area contributed by atoms with Crippen LogP contribution in [0.15, 0.2) is 48.0 Å². The average Bonchev–Trinajstić information content (AvgIpc) is 2.88. The van der Waals surface area contributed by atoms with E-state index in [2.05, 4.69) is 54.4 Å². The summed E-state index contributed by atoms with van der Waals surface area (Å²) in [5.41, 5.74) is 4.39. The van der Waals surface area contributed by atoms with Gasteiger partial charge >= 0.3 is 0 Å². The maximum atomic E-state index is 4.58. The van der Waals surface area contributed by atoms with Crippen molar-refractivity contribution in [3.63, 3.8) is 0 Å². The van der Waals surface area contributed by atoms with Crippen molar-refractivity contribution in [2.75, 3.05) is 0 Å². The van der Waals surface area contributed by atoms with Crippen LogP contribution in [0.5, 0.6) is 0 Å². The van der Waals surface area contributed by atoms with Gasteiger partial charge in [-0.3, -0.25) is 0 Å². The molecule has 0 bridgehead atoms. The molecule has 2 heteroatoms. The second-order valence-corrected chi connectivity index (χ2v) is 5.43. The van der Waals surface area contributed by atoms with Crippen molar-refractivity contribution < 1.29 is 0 Å². The normalized spacial score (nSPS) is 11.6. The van der Waals surface area contributed by atoms with E-state index in [1.165, 1.54) is 31.8 Å². The molecule has 86 valence electrons. The van der Waals surface area contributed by atoms with Crippen molar-refractivity contribution in [3.05, 3.63) is 53.5 Å². The quantitative estimate of drug-likeness (QED) is 0.403. The number of hydrogen-bond donors (Lipinski definition) is 0. The van der Waals surface area contributed by atoms with Crippen LogP contribution >= 0.6 is 11.3 Å². The molecule has 0 aliphatic rings. The van der Waals surface area contributed by atoms with Crippen LogP contribution in [0, 0.1) is 6.92 Å². The monoisotopic (exact) mass is 249 g/mol. The first-order valence-electron chi connectivity index (χ1n) is 5.99. The van der Waals surface area contributed by atoms with Gasteiger partial charge in [-0.15, -0.1) is 11.3 Å². The highest BCUT2D eigenvalue weighted by Crippen LogP contribution is 2.37. The number of hydrogen-bond acceptors (Lipinski definition) is 2. The Balaban J connectivity index is 2.49. The lowest BCUT2D eigenvalue weighted by atomic mass is 9.98. The summed E-state index contributed by atoms with van der Waals surface area (Å²) in [6, 6.07) is 15.1. The third kappa shape index (κ3) is 1.18. The van der Waals surface area contributed by atoms with Crippen molar-refractivity contribution in [1.29, 1.82) is 0 Å². The fourth-order valence-electron chi connectivity index (χ4n) is 2.74. The van der Waals surface area contributed by atoms with Gasteiger partial charge in [0.1, 0.15) is 0 Å². The Hall–Kier alpha value is -1.93. The highest BCUT2D eigenvalue weighted by atomic mass is 32.1. The van der Waals surface area contributed by atoms with E-state index in [0.717, 1.165) is 5.52 Å². The number of aromatic nitrogens is 1. The first-order valence-corrected chi connectivity index (χ1v) is 6.87. The van der Waals surface area contributed by atoms with Crippen LogP contribution in [0.4, 0.5) is 0 Å². The van der Waals surface area contributed by atoms with Gasteiger partial charge in [0.2, 0.25) is 0 Å². The summed E-state index contributed by atoms with van der Waals surface area (Å²) in [6.07, 6.45) is 0. The van der Waals surface area contributed by atoms with Gasteiger partial charge in [-0.1, -0.05) is 42.5 Å². The van der Waals surface area contributed by atoms with E-state index in [4.69, 9.17) is 0 Å². The predicted molar refractivity (Wildman–Crippen MR) is 79.4 cm³/mol. The summed E-state index contributed by atoms with van der Waals surface area (Å²) >= 11 is 1.73. The Labute approximate surface area is 109 Å². The Bertz CT molecular complexity index is 889. The molecule has 0 aliphatic carbocycles. The van der Waals surface area contributed by atoms with Crippen molar-refractivity contribution in [3.8, 4) is 0 Å². The first-order chi connectivity index (χ1) is 8.86. The zero-order valence-corrected chi connectivity index (χ0v) is 10.8. The van der Waals surface area contributed by atoms with Crippen molar-refractivity contribution in [1.82, 2.24) is 4.98 Å². The molecule has 0 saturated carbocycles. The number of aryl methyl sites for hydroxylation is 1. The van der Waals surface area contributed by atoms with Crippen molar-refractivity contribution in [2.45, 2.75) is 6.92 Å². The number of thiazole rings is 1. The van der Waals surface area contributed by atoms with Crippen molar-refractivity contribution in [2.24, 2.45) is 0 Å². The van der Waals surface area contributed by atoms with Crippen LogP contribution in [0.2, 0.25) is 0 Å². The van der Waals surface area contributed by atoms with Crippen LogP contribution in [0.25, 0.3) is 31.8 Å². The molecule has 0 saturated heterocycles. The summed E-state index contributed by atoms with van der Waals surface area (Å²) in [7, 11) is 0. The molecule has 1 aromatic heterocycles. The van der Waals surface area contributed by atoms with Gasteiger partial charge in [0, 0.05) is 10.8 Å². The van der Waals surface area contributed by atoms with Crippen LogP contribution in [-0.4, -0.2) is 4.98 Å². The zero-order valence-electron chi connectivity index (χ0n) is 9.97. The van der Waals surface area contributed by atoms with Crippen LogP contribution < -0.4 is 0 Å². The minimum atomic E-state index is 1.15. The van der Waals surface area contributed by atoms with E-state index in [0.29, 0.717) is 0 Å². The smallest absolute Gasteiger partial charge is 0.0899 e. The second kappa shape index (κ2) is 3.53. The van der Waals surface area contributed by atoms with E-state index in [-0.39, 0.29) is 0 Å². The number of benzene rings is 3. The number of fused-ring (bicyclic) bond motifs is 6. The molecule has 18 heavy (non-hydrogen) atoms. The SMILES string of the molecule is Cc1cccc2c3ccccc3c3scnc3c12. The molecule has 0 unspecified atom stereocenters. The highest BCUT2D eigenvalue weighted by Gasteiger charge is 2.11. The first kappa shape index (κ1) is 10.0. The molecule has 4 rings (SSSR count). The average molecular weight is 249 g/mol. The third-order valence-corrected chi connectivity index (χ3v) is 4.40. The molecule has 0 atom stereocenters. The minimum Gasteiger partial charge on any atom is -0.244 e. The van der Waals surface area contributed by atoms with Gasteiger partial charge in [0.15, 0.2) is 0 Å². The predicted octanol–water partition coefficient (Wildman–Crippen LogP) is 4.91. The van der Waals surface area contributed by atoms with Gasteiger partial charge in [-0.2, -0.15) is 0 Å². The van der Waals surface area contributed by atoms with Gasteiger partial charge in [-0.25, -0.2) is 4.98 Å². The molecule has 0 amide bonds. The van der Waals surface area contributed by atoms with E-state index >= 15 is 0 Å². The van der Waals surface area contributed by atoms with E-state index in [9.17, 15) is 0 Å². The lowest BCUT2D eigenvalue weighted by molar-refractivity contribution is 1.49. The Kier molecular flexibility index (Phi) is 1.97. The van der Waals surface area contributed by atoms with Crippen LogP contribution in [0.3, 0.4) is 0 Å². The maximum absolute atomic E-state index is 4.58. The molecular formula is C16H11NS. The lowest BCUT2D eigenvalue weighted by Gasteiger charge is -2.07. The molecule has 0 aliphatic heterocycles. The Morgan fingerprint density at radius 1 is 0.889 bits per heavy atom. The second-order valence-electron chi connectivity index (χ2n) is 4.57. The standard InChI is InChI=1S/C16H11NS/c1-10-5-4-8-12-11-6-2-3-7-13(11)16-15(14(10)12)17-9-18-16/h2-9H,1H3. The van der Waals surface area contributed by atoms with Gasteiger partial charge in [-0.05, 0) is 23.3 Å². The maximum Gasteiger partial charge on any atom is 0.0899 e. The number of rotatable bonds is 0. The number of nitrogens with zero attached hydrogens (tertiary/aromatic N) is 1. The Morgan fingerprint density at radius 2 is 1.67 bits per heavy atom. The largest absolute Gasteiger partial charge is 0.244 e. The molecule has 0 radical (unpaired) electrons. The van der Waals surface area contributed by atoms with E-state index in [1.54, 1.807) is 11.3 Å². The van der Waals surface area contributed by atoms with Gasteiger partial charge in [0.25, 0.3) is 0 Å². The van der Waals surface area contributed by atoms with E-state index < -0.39 is 0 Å². The summed E-state index contributed by atoms with van der Waals surface area (Å²) in [4.78, 5) is 4.58. The van der Waals surface area contributed by atoms with Crippen LogP contribution in [-0.2, 0) is 0 Å². The fourth-order valence-corrected chi connectivity index (χ4v) is 3.57. The third-order valence-electron chi connectivity index (χ3n) is 3.54. The van der Waals surface area contributed by atoms with Gasteiger partial charge in [0.05, 0.1) is 15.7 Å². The highest BCUT2D eigenvalue weighted by molar-refractivity contribution is 7.18. The molecule has 0 fully saturated rings. The molecule has 1 nitrogen and oxygen atoms in total. The molecule has 3 aromatic carbocycles. The van der Waals surface area contributed by atoms with Crippen molar-refractivity contribution >= 4 is 43.1 Å². The summed E-state index contributed by atoms with van der Waals surface area (Å²) < 4.78 is 1.30. The fraction of sp³-hybridized carbons (Fsp3) is 0.0625. The Morgan fingerprint density at radius 3 is 2.56 bits per heavy atom. The minimum absolute atomic E-state index is 1.15. The summed E-state index contributed by atoms with van der Waals surface area (Å²) in [6.45, 7) is 2.16. The van der Waals surface area contributed by atoms with E-state index in [1.807, 2.05) is 5.51 Å². The molecule has 0 N–H and O–H groups in total. The summed E-state index contributed by atoms with van der Waals surface area (Å²) in [5, 5.41) is 5.25. The summed E-state index contributed by atoms with van der Waals surface area (Å²) in [5.74, 6) is 0. The molecular weight excluding hydrogens is 238 g/mol. The molecule has 0 spiro atoms. The van der Waals surface area contributed by atoms with Crippen LogP contribution in [0.1, 0.15) is 5.56 Å². The lowest BCUT2D eigenvalue weighted by Crippen LogP contribution is -1.83. The molecule has 1 heterocycles.